The van der Waals surface area contributed by atoms with Gasteiger partial charge < -0.3 is 24.4 Å². The summed E-state index contributed by atoms with van der Waals surface area (Å²) in [5, 5.41) is 9.67. The summed E-state index contributed by atoms with van der Waals surface area (Å²) < 4.78 is 11.1. The second kappa shape index (κ2) is 7.90. The molecule has 158 valence electrons. The van der Waals surface area contributed by atoms with Crippen LogP contribution < -0.4 is 9.64 Å². The van der Waals surface area contributed by atoms with Gasteiger partial charge in [0.05, 0.1) is 18.9 Å². The van der Waals surface area contributed by atoms with Crippen LogP contribution in [0.5, 0.6) is 5.75 Å². The lowest BCUT2D eigenvalue weighted by Gasteiger charge is -2.38. The van der Waals surface area contributed by atoms with Gasteiger partial charge in [0.15, 0.2) is 0 Å². The number of hydrogen-bond donors (Lipinski definition) is 1. The van der Waals surface area contributed by atoms with Gasteiger partial charge >= 0.3 is 6.09 Å². The molecule has 0 spiro atoms. The van der Waals surface area contributed by atoms with Crippen LogP contribution in [0.1, 0.15) is 31.1 Å². The molecule has 2 aliphatic rings. The van der Waals surface area contributed by atoms with Crippen molar-refractivity contribution < 1.29 is 29.0 Å². The molecule has 1 atom stereocenters. The van der Waals surface area contributed by atoms with Gasteiger partial charge in [0.25, 0.3) is 11.8 Å². The molecule has 1 saturated heterocycles. The van der Waals surface area contributed by atoms with Crippen LogP contribution >= 0.6 is 0 Å². The number of amides is 3. The quantitative estimate of drug-likeness (QED) is 0.803. The van der Waals surface area contributed by atoms with Gasteiger partial charge in [0.1, 0.15) is 18.4 Å². The Bertz CT molecular complexity index is 813. The van der Waals surface area contributed by atoms with E-state index in [1.807, 2.05) is 0 Å². The van der Waals surface area contributed by atoms with Crippen molar-refractivity contribution in [2.75, 3.05) is 44.9 Å². The van der Waals surface area contributed by atoms with Gasteiger partial charge in [-0.2, -0.15) is 0 Å². The van der Waals surface area contributed by atoms with E-state index in [0.717, 1.165) is 4.90 Å². The van der Waals surface area contributed by atoms with E-state index in [0.29, 0.717) is 43.3 Å². The zero-order valence-corrected chi connectivity index (χ0v) is 17.2. The first-order chi connectivity index (χ1) is 13.6. The fourth-order valence-electron chi connectivity index (χ4n) is 3.64. The van der Waals surface area contributed by atoms with Gasteiger partial charge in [-0.05, 0) is 39.0 Å². The lowest BCUT2D eigenvalue weighted by atomic mass is 10.0. The highest BCUT2D eigenvalue weighted by Crippen LogP contribution is 2.34. The number of carbonyl (C=O) groups is 3. The van der Waals surface area contributed by atoms with E-state index < -0.39 is 23.6 Å². The van der Waals surface area contributed by atoms with Crippen LogP contribution in [0.3, 0.4) is 0 Å². The number of likely N-dealkylation sites (N-methyl/N-ethyl adjacent to an activating group) is 1. The number of benzene rings is 1. The van der Waals surface area contributed by atoms with Crippen LogP contribution in [0.15, 0.2) is 18.2 Å². The Morgan fingerprint density at radius 2 is 1.86 bits per heavy atom. The summed E-state index contributed by atoms with van der Waals surface area (Å²) in [6.07, 6.45) is -1.19. The molecule has 0 radical (unpaired) electrons. The highest BCUT2D eigenvalue weighted by atomic mass is 16.5. The fourth-order valence-corrected chi connectivity index (χ4v) is 3.64. The lowest BCUT2D eigenvalue weighted by molar-refractivity contribution is -0.125. The highest BCUT2D eigenvalue weighted by molar-refractivity contribution is 6.02. The molecule has 0 bridgehead atoms. The molecule has 2 aliphatic heterocycles. The Kier molecular flexibility index (Phi) is 5.70. The smallest absolute Gasteiger partial charge is 0.408 e. The summed E-state index contributed by atoms with van der Waals surface area (Å²) in [5.74, 6) is -0.113. The van der Waals surface area contributed by atoms with Crippen molar-refractivity contribution in [1.29, 1.82) is 0 Å². The van der Waals surface area contributed by atoms with Crippen LogP contribution in [0.25, 0.3) is 0 Å². The summed E-state index contributed by atoms with van der Waals surface area (Å²) in [7, 11) is 1.56. The molecule has 1 unspecified atom stereocenters. The van der Waals surface area contributed by atoms with E-state index in [1.54, 1.807) is 50.9 Å². The van der Waals surface area contributed by atoms with E-state index in [4.69, 9.17) is 9.47 Å². The maximum Gasteiger partial charge on any atom is 0.408 e. The first kappa shape index (κ1) is 20.9. The van der Waals surface area contributed by atoms with Crippen molar-refractivity contribution >= 4 is 23.6 Å². The normalized spacial score (nSPS) is 19.9. The summed E-state index contributed by atoms with van der Waals surface area (Å²) in [6, 6.07) is 3.93. The predicted octanol–water partition coefficient (Wildman–Crippen LogP) is 1.66. The largest absolute Gasteiger partial charge is 0.489 e. The molecule has 1 N–H and O–H groups in total. The molecule has 1 fully saturated rings. The van der Waals surface area contributed by atoms with Crippen LogP contribution in [0.4, 0.5) is 10.5 Å². The Balaban J connectivity index is 1.90. The van der Waals surface area contributed by atoms with Crippen LogP contribution in [0, 0.1) is 0 Å². The molecule has 29 heavy (non-hydrogen) atoms. The number of carbonyl (C=O) groups excluding carboxylic acids is 2. The third-order valence-electron chi connectivity index (χ3n) is 5.12. The molecule has 0 aromatic heterocycles. The van der Waals surface area contributed by atoms with Crippen molar-refractivity contribution in [2.24, 2.45) is 0 Å². The van der Waals surface area contributed by atoms with E-state index in [-0.39, 0.29) is 12.5 Å². The monoisotopic (exact) mass is 405 g/mol. The summed E-state index contributed by atoms with van der Waals surface area (Å²) >= 11 is 0. The van der Waals surface area contributed by atoms with Crippen LogP contribution in [0.2, 0.25) is 0 Å². The van der Waals surface area contributed by atoms with Crippen LogP contribution in [-0.4, -0.2) is 84.4 Å². The first-order valence-electron chi connectivity index (χ1n) is 9.55. The minimum atomic E-state index is -1.19. The van der Waals surface area contributed by atoms with E-state index in [9.17, 15) is 19.5 Å². The maximum absolute atomic E-state index is 13.1. The summed E-state index contributed by atoms with van der Waals surface area (Å²) in [5.41, 5.74) is 0.0961. The Morgan fingerprint density at radius 1 is 1.21 bits per heavy atom. The van der Waals surface area contributed by atoms with Crippen molar-refractivity contribution in [3.63, 3.8) is 0 Å². The molecule has 0 saturated carbocycles. The number of morpholine rings is 1. The van der Waals surface area contributed by atoms with Gasteiger partial charge in [-0.1, -0.05) is 0 Å². The molecular formula is C20H27N3O6. The van der Waals surface area contributed by atoms with Crippen molar-refractivity contribution in [1.82, 2.24) is 9.80 Å². The average Bonchev–Trinajstić information content (AvgIpc) is 2.79. The Hall–Kier alpha value is -2.81. The highest BCUT2D eigenvalue weighted by Gasteiger charge is 2.41. The Morgan fingerprint density at radius 3 is 2.45 bits per heavy atom. The van der Waals surface area contributed by atoms with E-state index in [2.05, 4.69) is 0 Å². The van der Waals surface area contributed by atoms with Gasteiger partial charge in [0, 0.05) is 31.2 Å². The number of ether oxygens (including phenoxy) is 2. The number of rotatable bonds is 2. The van der Waals surface area contributed by atoms with E-state index in [1.165, 1.54) is 4.90 Å². The molecule has 1 aromatic carbocycles. The van der Waals surface area contributed by atoms with Gasteiger partial charge in [-0.3, -0.25) is 14.5 Å². The lowest BCUT2D eigenvalue weighted by Crippen LogP contribution is -2.58. The number of hydrogen-bond acceptors (Lipinski definition) is 5. The zero-order valence-electron chi connectivity index (χ0n) is 17.2. The topological polar surface area (TPSA) is 99.6 Å². The predicted molar refractivity (Wildman–Crippen MR) is 105 cm³/mol. The van der Waals surface area contributed by atoms with Gasteiger partial charge in [0.2, 0.25) is 0 Å². The van der Waals surface area contributed by atoms with Gasteiger partial charge in [-0.25, -0.2) is 4.79 Å². The second-order valence-corrected chi connectivity index (χ2v) is 8.13. The number of nitrogens with zero attached hydrogens (tertiary/aromatic N) is 3. The molecule has 3 rings (SSSR count). The maximum atomic E-state index is 13.1. The molecule has 1 aromatic rings. The molecule has 0 aliphatic carbocycles. The standard InChI is InChI=1S/C20H27N3O6/c1-20(2,3)23(19(26)27)15-12-29-16-6-5-13(11-14(16)21(4)18(15)25)17(24)22-7-9-28-10-8-22/h5-6,11,15H,7-10,12H2,1-4H3,(H,26,27). The molecule has 3 amide bonds. The van der Waals surface area contributed by atoms with Crippen LogP contribution in [-0.2, 0) is 9.53 Å². The Labute approximate surface area is 169 Å². The van der Waals surface area contributed by atoms with Crippen molar-refractivity contribution in [3.8, 4) is 5.75 Å². The molecule has 2 heterocycles. The SMILES string of the molecule is CN1C(=O)C(N(C(=O)O)C(C)(C)C)COc2ccc(C(=O)N3CCOCC3)cc21. The fraction of sp³-hybridized carbons (Fsp3) is 0.550. The third-order valence-corrected chi connectivity index (χ3v) is 5.12. The van der Waals surface area contributed by atoms with E-state index >= 15 is 0 Å². The molecular weight excluding hydrogens is 378 g/mol. The number of fused-ring (bicyclic) bond motifs is 1. The summed E-state index contributed by atoms with van der Waals surface area (Å²) in [4.78, 5) is 41.9. The second-order valence-electron chi connectivity index (χ2n) is 8.13. The summed E-state index contributed by atoms with van der Waals surface area (Å²) in [6.45, 7) is 7.11. The zero-order chi connectivity index (χ0) is 21.3. The van der Waals surface area contributed by atoms with Crippen molar-refractivity contribution in [3.05, 3.63) is 23.8 Å². The van der Waals surface area contributed by atoms with Gasteiger partial charge in [-0.15, -0.1) is 0 Å². The average molecular weight is 405 g/mol. The first-order valence-corrected chi connectivity index (χ1v) is 9.55. The molecule has 9 heteroatoms. The third kappa shape index (κ3) is 4.14. The number of anilines is 1. The minimum absolute atomic E-state index is 0.101. The minimum Gasteiger partial charge on any atom is -0.489 e. The van der Waals surface area contributed by atoms with Crippen molar-refractivity contribution in [2.45, 2.75) is 32.4 Å². The molecule has 9 nitrogen and oxygen atoms in total. The number of carboxylic acid groups (broad SMARTS) is 1.